The van der Waals surface area contributed by atoms with E-state index in [9.17, 15) is 4.79 Å². The van der Waals surface area contributed by atoms with Crippen molar-refractivity contribution in [3.8, 4) is 11.4 Å². The first-order valence-corrected chi connectivity index (χ1v) is 8.67. The van der Waals surface area contributed by atoms with Gasteiger partial charge in [0.15, 0.2) is 5.78 Å². The zero-order valence-electron chi connectivity index (χ0n) is 15.7. The number of nitrogens with one attached hydrogen (secondary N) is 1. The van der Waals surface area contributed by atoms with Crippen molar-refractivity contribution in [2.24, 2.45) is 0 Å². The van der Waals surface area contributed by atoms with Crippen LogP contribution in [-0.4, -0.2) is 24.0 Å². The lowest BCUT2D eigenvalue weighted by atomic mass is 10.1. The van der Waals surface area contributed by atoms with Gasteiger partial charge in [-0.15, -0.1) is 0 Å². The highest BCUT2D eigenvalue weighted by atomic mass is 16.5. The zero-order valence-corrected chi connectivity index (χ0v) is 15.7. The maximum Gasteiger partial charge on any atom is 0.183 e. The van der Waals surface area contributed by atoms with Gasteiger partial charge in [0.05, 0.1) is 19.3 Å². The van der Waals surface area contributed by atoms with Crippen LogP contribution in [0.4, 0.5) is 5.69 Å². The Kier molecular flexibility index (Phi) is 5.12. The Bertz CT molecular complexity index is 927. The topological polar surface area (TPSA) is 43.3 Å². The number of carbonyl (C=O) groups is 1. The SMILES string of the molecule is COc1ccc(C)cc1NCC(=O)c1cc(C)n(-c2ccccc2)c1C. The molecule has 4 heteroatoms. The average Bonchev–Trinajstić information content (AvgIpc) is 2.95. The number of rotatable bonds is 6. The standard InChI is InChI=1S/C22H24N2O2/c1-15-10-11-22(26-4)20(12-15)23-14-21(25)19-13-16(2)24(17(19)3)18-8-6-5-7-9-18/h5-13,23H,14H2,1-4H3. The van der Waals surface area contributed by atoms with E-state index >= 15 is 0 Å². The van der Waals surface area contributed by atoms with E-state index in [1.807, 2.05) is 75.4 Å². The van der Waals surface area contributed by atoms with E-state index in [1.54, 1.807) is 7.11 Å². The van der Waals surface area contributed by atoms with Crippen molar-refractivity contribution in [2.45, 2.75) is 20.8 Å². The molecular weight excluding hydrogens is 324 g/mol. The Morgan fingerprint density at radius 3 is 2.46 bits per heavy atom. The first kappa shape index (κ1) is 17.8. The van der Waals surface area contributed by atoms with Gasteiger partial charge in [0, 0.05) is 22.6 Å². The van der Waals surface area contributed by atoms with Crippen LogP contribution in [0.1, 0.15) is 27.3 Å². The maximum atomic E-state index is 12.8. The molecule has 1 aromatic heterocycles. The minimum atomic E-state index is 0.0591. The number of hydrogen-bond acceptors (Lipinski definition) is 3. The first-order chi connectivity index (χ1) is 12.5. The fourth-order valence-electron chi connectivity index (χ4n) is 3.25. The molecule has 26 heavy (non-hydrogen) atoms. The van der Waals surface area contributed by atoms with Gasteiger partial charge in [0.2, 0.25) is 0 Å². The van der Waals surface area contributed by atoms with Crippen molar-refractivity contribution in [2.75, 3.05) is 19.0 Å². The van der Waals surface area contributed by atoms with Crippen LogP contribution in [0.15, 0.2) is 54.6 Å². The van der Waals surface area contributed by atoms with Crippen molar-refractivity contribution in [1.29, 1.82) is 0 Å². The quantitative estimate of drug-likeness (QED) is 0.656. The van der Waals surface area contributed by atoms with Gasteiger partial charge in [-0.2, -0.15) is 0 Å². The molecular formula is C22H24N2O2. The second-order valence-electron chi connectivity index (χ2n) is 6.44. The largest absolute Gasteiger partial charge is 0.495 e. The fraction of sp³-hybridized carbons (Fsp3) is 0.227. The summed E-state index contributed by atoms with van der Waals surface area (Å²) in [7, 11) is 1.63. The van der Waals surface area contributed by atoms with Crippen LogP contribution in [0.3, 0.4) is 0 Å². The molecule has 0 radical (unpaired) electrons. The minimum Gasteiger partial charge on any atom is -0.495 e. The summed E-state index contributed by atoms with van der Waals surface area (Å²) in [5, 5.41) is 3.22. The normalized spacial score (nSPS) is 10.6. The number of aromatic nitrogens is 1. The second-order valence-corrected chi connectivity index (χ2v) is 6.44. The number of nitrogens with zero attached hydrogens (tertiary/aromatic N) is 1. The summed E-state index contributed by atoms with van der Waals surface area (Å²) in [5.74, 6) is 0.794. The number of hydrogen-bond donors (Lipinski definition) is 1. The minimum absolute atomic E-state index is 0.0591. The molecule has 0 aliphatic rings. The van der Waals surface area contributed by atoms with Gasteiger partial charge in [-0.25, -0.2) is 0 Å². The molecule has 4 nitrogen and oxygen atoms in total. The van der Waals surface area contributed by atoms with Crippen molar-refractivity contribution < 1.29 is 9.53 Å². The summed E-state index contributed by atoms with van der Waals surface area (Å²) in [6.45, 7) is 6.24. The third-order valence-corrected chi connectivity index (χ3v) is 4.54. The molecule has 0 saturated heterocycles. The van der Waals surface area contributed by atoms with Gasteiger partial charge in [-0.1, -0.05) is 24.3 Å². The molecule has 3 aromatic rings. The van der Waals surface area contributed by atoms with Gasteiger partial charge >= 0.3 is 0 Å². The van der Waals surface area contributed by atoms with Crippen molar-refractivity contribution >= 4 is 11.5 Å². The Hall–Kier alpha value is -3.01. The summed E-state index contributed by atoms with van der Waals surface area (Å²) in [4.78, 5) is 12.8. The summed E-state index contributed by atoms with van der Waals surface area (Å²) < 4.78 is 7.48. The summed E-state index contributed by atoms with van der Waals surface area (Å²) in [6.07, 6.45) is 0. The Balaban J connectivity index is 1.82. The smallest absolute Gasteiger partial charge is 0.183 e. The Labute approximate surface area is 154 Å². The van der Waals surface area contributed by atoms with E-state index < -0.39 is 0 Å². The number of para-hydroxylation sites is 1. The van der Waals surface area contributed by atoms with E-state index in [0.717, 1.165) is 39.6 Å². The lowest BCUT2D eigenvalue weighted by Gasteiger charge is -2.12. The molecule has 2 aromatic carbocycles. The van der Waals surface area contributed by atoms with Crippen molar-refractivity contribution in [3.63, 3.8) is 0 Å². The van der Waals surface area contributed by atoms with E-state index in [-0.39, 0.29) is 12.3 Å². The predicted octanol–water partition coefficient (Wildman–Crippen LogP) is 4.71. The van der Waals surface area contributed by atoms with Gasteiger partial charge in [0.1, 0.15) is 5.75 Å². The monoisotopic (exact) mass is 348 g/mol. The highest BCUT2D eigenvalue weighted by molar-refractivity contribution is 6.00. The highest BCUT2D eigenvalue weighted by Crippen LogP contribution is 2.26. The average molecular weight is 348 g/mol. The third-order valence-electron chi connectivity index (χ3n) is 4.54. The lowest BCUT2D eigenvalue weighted by molar-refractivity contribution is 0.101. The lowest BCUT2D eigenvalue weighted by Crippen LogP contribution is -2.15. The molecule has 1 N–H and O–H groups in total. The molecule has 0 spiro atoms. The van der Waals surface area contributed by atoms with Crippen LogP contribution in [-0.2, 0) is 0 Å². The number of aryl methyl sites for hydroxylation is 2. The number of ether oxygens (including phenoxy) is 1. The summed E-state index contributed by atoms with van der Waals surface area (Å²) in [6, 6.07) is 17.9. The van der Waals surface area contributed by atoms with Gasteiger partial charge < -0.3 is 14.6 Å². The first-order valence-electron chi connectivity index (χ1n) is 8.67. The van der Waals surface area contributed by atoms with Crippen LogP contribution >= 0.6 is 0 Å². The van der Waals surface area contributed by atoms with Crippen molar-refractivity contribution in [3.05, 3.63) is 77.1 Å². The maximum absolute atomic E-state index is 12.8. The fourth-order valence-corrected chi connectivity index (χ4v) is 3.25. The molecule has 0 atom stereocenters. The Morgan fingerprint density at radius 1 is 1.04 bits per heavy atom. The van der Waals surface area contributed by atoms with E-state index in [1.165, 1.54) is 0 Å². The van der Waals surface area contributed by atoms with E-state index in [0.29, 0.717) is 0 Å². The van der Waals surface area contributed by atoms with E-state index in [4.69, 9.17) is 4.74 Å². The number of benzene rings is 2. The molecule has 0 amide bonds. The molecule has 0 aliphatic heterocycles. The van der Waals surface area contributed by atoms with Crippen molar-refractivity contribution in [1.82, 2.24) is 4.57 Å². The summed E-state index contributed by atoms with van der Waals surface area (Å²) in [5.41, 5.74) is 5.75. The molecule has 0 fully saturated rings. The van der Waals surface area contributed by atoms with Gasteiger partial charge in [0.25, 0.3) is 0 Å². The predicted molar refractivity (Wildman–Crippen MR) is 106 cm³/mol. The number of Topliss-reactive ketones (excluding diaryl/α,β-unsaturated/α-hetero) is 1. The van der Waals surface area contributed by atoms with Gasteiger partial charge in [-0.05, 0) is 56.7 Å². The second kappa shape index (κ2) is 7.48. The molecule has 0 bridgehead atoms. The van der Waals surface area contributed by atoms with Crippen LogP contribution in [0.2, 0.25) is 0 Å². The zero-order chi connectivity index (χ0) is 18.7. The number of ketones is 1. The van der Waals surface area contributed by atoms with Gasteiger partial charge in [-0.3, -0.25) is 4.79 Å². The number of anilines is 1. The van der Waals surface area contributed by atoms with E-state index in [2.05, 4.69) is 9.88 Å². The van der Waals surface area contributed by atoms with Crippen LogP contribution in [0, 0.1) is 20.8 Å². The molecule has 3 rings (SSSR count). The van der Waals surface area contributed by atoms with Crippen LogP contribution in [0.5, 0.6) is 5.75 Å². The number of carbonyl (C=O) groups excluding carboxylic acids is 1. The molecule has 0 unspecified atom stereocenters. The molecule has 0 aliphatic carbocycles. The summed E-state index contributed by atoms with van der Waals surface area (Å²) >= 11 is 0. The number of methoxy groups -OCH3 is 1. The Morgan fingerprint density at radius 2 is 1.77 bits per heavy atom. The molecule has 134 valence electrons. The third kappa shape index (κ3) is 3.49. The molecule has 1 heterocycles. The van der Waals surface area contributed by atoms with Crippen LogP contribution < -0.4 is 10.1 Å². The molecule has 0 saturated carbocycles. The highest BCUT2D eigenvalue weighted by Gasteiger charge is 2.17. The van der Waals surface area contributed by atoms with Crippen LogP contribution in [0.25, 0.3) is 5.69 Å².